The molecule has 1 aromatic carbocycles. The topological polar surface area (TPSA) is 32.7 Å². The van der Waals surface area contributed by atoms with Gasteiger partial charge in [-0.2, -0.15) is 0 Å². The Bertz CT molecular complexity index is 406. The number of rotatable bonds is 8. The van der Waals surface area contributed by atoms with Gasteiger partial charge in [-0.25, -0.2) is 0 Å². The Labute approximate surface area is 123 Å². The Morgan fingerprint density at radius 1 is 1.30 bits per heavy atom. The van der Waals surface area contributed by atoms with Crippen molar-refractivity contribution in [3.8, 4) is 5.75 Å². The predicted molar refractivity (Wildman–Crippen MR) is 84.1 cm³/mol. The minimum absolute atomic E-state index is 0.156. The van der Waals surface area contributed by atoms with E-state index >= 15 is 0 Å². The van der Waals surface area contributed by atoms with Gasteiger partial charge in [0.25, 0.3) is 0 Å². The van der Waals surface area contributed by atoms with E-state index < -0.39 is 5.60 Å². The van der Waals surface area contributed by atoms with Crippen LogP contribution < -0.4 is 4.74 Å². The van der Waals surface area contributed by atoms with E-state index in [4.69, 9.17) is 4.74 Å². The molecule has 0 saturated carbocycles. The summed E-state index contributed by atoms with van der Waals surface area (Å²) in [7, 11) is 4.07. The summed E-state index contributed by atoms with van der Waals surface area (Å²) in [6.07, 6.45) is 1.68. The Morgan fingerprint density at radius 3 is 2.55 bits per heavy atom. The highest BCUT2D eigenvalue weighted by Crippen LogP contribution is 2.35. The zero-order valence-corrected chi connectivity index (χ0v) is 13.5. The molecule has 114 valence electrons. The molecule has 3 nitrogen and oxygen atoms in total. The van der Waals surface area contributed by atoms with Gasteiger partial charge in [-0.3, -0.25) is 0 Å². The van der Waals surface area contributed by atoms with E-state index in [-0.39, 0.29) is 5.92 Å². The lowest BCUT2D eigenvalue weighted by molar-refractivity contribution is -0.0293. The molecule has 1 N–H and O–H groups in total. The molecule has 0 heterocycles. The third kappa shape index (κ3) is 4.22. The number of nitrogens with zero attached hydrogens (tertiary/aromatic N) is 1. The minimum atomic E-state index is -0.810. The average molecular weight is 279 g/mol. The van der Waals surface area contributed by atoms with Crippen LogP contribution in [0.2, 0.25) is 0 Å². The third-order valence-corrected chi connectivity index (χ3v) is 3.80. The van der Waals surface area contributed by atoms with E-state index in [9.17, 15) is 5.11 Å². The van der Waals surface area contributed by atoms with E-state index in [0.717, 1.165) is 24.3 Å². The van der Waals surface area contributed by atoms with Gasteiger partial charge in [-0.1, -0.05) is 32.9 Å². The van der Waals surface area contributed by atoms with Gasteiger partial charge in [-0.15, -0.1) is 0 Å². The Balaban J connectivity index is 2.98. The molecule has 0 aliphatic heterocycles. The lowest BCUT2D eigenvalue weighted by Crippen LogP contribution is -2.38. The smallest absolute Gasteiger partial charge is 0.119 e. The maximum absolute atomic E-state index is 11.1. The standard InChI is InChI=1S/C17H29NO2/c1-6-11-20-16-10-8-9-15(12-16)17(19,7-2)14(3)13-18(4)5/h8-10,12,14,19H,6-7,11,13H2,1-5H3/t14-,17+/m0/s1. The molecule has 3 heteroatoms. The molecule has 0 radical (unpaired) electrons. The summed E-state index contributed by atoms with van der Waals surface area (Å²) in [6, 6.07) is 7.88. The van der Waals surface area contributed by atoms with Gasteiger partial charge in [0.2, 0.25) is 0 Å². The van der Waals surface area contributed by atoms with E-state index in [1.807, 2.05) is 45.3 Å². The van der Waals surface area contributed by atoms with Gasteiger partial charge in [0.1, 0.15) is 5.75 Å². The van der Waals surface area contributed by atoms with Crippen LogP contribution in [-0.2, 0) is 5.60 Å². The maximum atomic E-state index is 11.1. The van der Waals surface area contributed by atoms with Gasteiger partial charge >= 0.3 is 0 Å². The van der Waals surface area contributed by atoms with Crippen molar-refractivity contribution >= 4 is 0 Å². The van der Waals surface area contributed by atoms with Crippen LogP contribution in [0.3, 0.4) is 0 Å². The van der Waals surface area contributed by atoms with Crippen molar-refractivity contribution in [1.82, 2.24) is 4.90 Å². The first-order valence-electron chi connectivity index (χ1n) is 7.54. The van der Waals surface area contributed by atoms with E-state index in [2.05, 4.69) is 18.7 Å². The van der Waals surface area contributed by atoms with Crippen molar-refractivity contribution in [1.29, 1.82) is 0 Å². The second kappa shape index (κ2) is 7.65. The number of aliphatic hydroxyl groups is 1. The number of hydrogen-bond donors (Lipinski definition) is 1. The monoisotopic (exact) mass is 279 g/mol. The summed E-state index contributed by atoms with van der Waals surface area (Å²) >= 11 is 0. The van der Waals surface area contributed by atoms with Gasteiger partial charge in [-0.05, 0) is 44.6 Å². The van der Waals surface area contributed by atoms with Crippen molar-refractivity contribution < 1.29 is 9.84 Å². The molecular formula is C17H29NO2. The maximum Gasteiger partial charge on any atom is 0.119 e. The number of hydrogen-bond acceptors (Lipinski definition) is 3. The van der Waals surface area contributed by atoms with Crippen LogP contribution in [0.25, 0.3) is 0 Å². The van der Waals surface area contributed by atoms with Crippen molar-refractivity contribution in [2.45, 2.75) is 39.2 Å². The molecule has 1 aromatic rings. The first-order valence-corrected chi connectivity index (χ1v) is 7.54. The second-order valence-electron chi connectivity index (χ2n) is 5.82. The predicted octanol–water partition coefficient (Wildman–Crippen LogP) is 3.27. The molecule has 0 fully saturated rings. The molecular weight excluding hydrogens is 250 g/mol. The van der Waals surface area contributed by atoms with Crippen LogP contribution in [0.1, 0.15) is 39.2 Å². The fraction of sp³-hybridized carbons (Fsp3) is 0.647. The highest BCUT2D eigenvalue weighted by Gasteiger charge is 2.34. The van der Waals surface area contributed by atoms with Crippen LogP contribution >= 0.6 is 0 Å². The highest BCUT2D eigenvalue weighted by molar-refractivity contribution is 5.33. The molecule has 0 spiro atoms. The molecule has 20 heavy (non-hydrogen) atoms. The van der Waals surface area contributed by atoms with E-state index in [0.29, 0.717) is 13.0 Å². The summed E-state index contributed by atoms with van der Waals surface area (Å²) in [4.78, 5) is 2.11. The van der Waals surface area contributed by atoms with Crippen molar-refractivity contribution in [2.75, 3.05) is 27.2 Å². The summed E-state index contributed by atoms with van der Waals surface area (Å²) in [5.41, 5.74) is 0.138. The van der Waals surface area contributed by atoms with Gasteiger partial charge < -0.3 is 14.7 Å². The van der Waals surface area contributed by atoms with Crippen LogP contribution in [0, 0.1) is 5.92 Å². The largest absolute Gasteiger partial charge is 0.494 e. The van der Waals surface area contributed by atoms with Gasteiger partial charge in [0.05, 0.1) is 12.2 Å². The quantitative estimate of drug-likeness (QED) is 0.792. The summed E-state index contributed by atoms with van der Waals surface area (Å²) in [6.45, 7) is 7.78. The lowest BCUT2D eigenvalue weighted by Gasteiger charge is -2.35. The molecule has 0 unspecified atom stereocenters. The van der Waals surface area contributed by atoms with Crippen LogP contribution in [0.15, 0.2) is 24.3 Å². The number of benzene rings is 1. The Morgan fingerprint density at radius 2 is 2.00 bits per heavy atom. The molecule has 0 aromatic heterocycles. The molecule has 0 aliphatic carbocycles. The second-order valence-corrected chi connectivity index (χ2v) is 5.82. The minimum Gasteiger partial charge on any atom is -0.494 e. The van der Waals surface area contributed by atoms with Gasteiger partial charge in [0, 0.05) is 12.5 Å². The zero-order chi connectivity index (χ0) is 15.2. The highest BCUT2D eigenvalue weighted by atomic mass is 16.5. The van der Waals surface area contributed by atoms with Crippen LogP contribution in [0.5, 0.6) is 5.75 Å². The average Bonchev–Trinajstić information content (AvgIpc) is 2.43. The Kier molecular flexibility index (Phi) is 6.50. The first kappa shape index (κ1) is 17.0. The fourth-order valence-electron chi connectivity index (χ4n) is 2.61. The molecule has 0 amide bonds. The molecule has 1 rings (SSSR count). The van der Waals surface area contributed by atoms with Crippen LogP contribution in [-0.4, -0.2) is 37.3 Å². The Hall–Kier alpha value is -1.06. The molecule has 0 aliphatic rings. The third-order valence-electron chi connectivity index (χ3n) is 3.80. The van der Waals surface area contributed by atoms with Gasteiger partial charge in [0.15, 0.2) is 0 Å². The zero-order valence-electron chi connectivity index (χ0n) is 13.5. The van der Waals surface area contributed by atoms with E-state index in [1.165, 1.54) is 0 Å². The molecule has 0 bridgehead atoms. The number of ether oxygens (including phenoxy) is 1. The summed E-state index contributed by atoms with van der Waals surface area (Å²) < 4.78 is 5.67. The van der Waals surface area contributed by atoms with Crippen molar-refractivity contribution in [3.05, 3.63) is 29.8 Å². The summed E-state index contributed by atoms with van der Waals surface area (Å²) in [5, 5.41) is 11.1. The van der Waals surface area contributed by atoms with E-state index in [1.54, 1.807) is 0 Å². The lowest BCUT2D eigenvalue weighted by atomic mass is 9.80. The molecule has 0 saturated heterocycles. The van der Waals surface area contributed by atoms with Crippen LogP contribution in [0.4, 0.5) is 0 Å². The summed E-state index contributed by atoms with van der Waals surface area (Å²) in [5.74, 6) is 0.997. The SMILES string of the molecule is CCCOc1cccc([C@@](O)(CC)[C@@H](C)CN(C)C)c1. The normalized spacial score (nSPS) is 15.9. The first-order chi connectivity index (χ1) is 9.43. The fourth-order valence-corrected chi connectivity index (χ4v) is 2.61. The van der Waals surface area contributed by atoms with Crippen molar-refractivity contribution in [3.63, 3.8) is 0 Å². The molecule has 2 atom stereocenters. The van der Waals surface area contributed by atoms with Crippen molar-refractivity contribution in [2.24, 2.45) is 5.92 Å².